The maximum Gasteiger partial charge on any atom is 0.223 e. The first-order valence-corrected chi connectivity index (χ1v) is 10.8. The first kappa shape index (κ1) is 16.1. The standard InChI is InChI=1S/C19H28N4OS/c24-18(9-13-3-1-2-4-13)22-8-7-16-17(12-22)25-19(21-16)23-11-14-5-6-15(23)10-20-14/h13-15,20H,1-12H2. The highest BCUT2D eigenvalue weighted by atomic mass is 32.1. The average Bonchev–Trinajstić information content (AvgIpc) is 3.31. The van der Waals surface area contributed by atoms with Crippen LogP contribution < -0.4 is 10.2 Å². The molecule has 6 heteroatoms. The summed E-state index contributed by atoms with van der Waals surface area (Å²) in [4.78, 5) is 23.6. The number of hydrogen-bond donors (Lipinski definition) is 1. The van der Waals surface area contributed by atoms with Crippen LogP contribution in [0, 0.1) is 5.92 Å². The molecule has 3 saturated heterocycles. The van der Waals surface area contributed by atoms with E-state index in [2.05, 4.69) is 15.1 Å². The molecule has 4 aliphatic heterocycles. The van der Waals surface area contributed by atoms with Gasteiger partial charge in [-0.1, -0.05) is 24.2 Å². The minimum Gasteiger partial charge on any atom is -0.342 e. The van der Waals surface area contributed by atoms with Gasteiger partial charge < -0.3 is 15.1 Å². The average molecular weight is 361 g/mol. The van der Waals surface area contributed by atoms with E-state index >= 15 is 0 Å². The van der Waals surface area contributed by atoms with Gasteiger partial charge in [0, 0.05) is 49.4 Å². The summed E-state index contributed by atoms with van der Waals surface area (Å²) in [6.45, 7) is 3.84. The largest absolute Gasteiger partial charge is 0.342 e. The predicted molar refractivity (Wildman–Crippen MR) is 100.0 cm³/mol. The van der Waals surface area contributed by atoms with Gasteiger partial charge in [-0.2, -0.15) is 0 Å². The Morgan fingerprint density at radius 1 is 1.24 bits per heavy atom. The quantitative estimate of drug-likeness (QED) is 0.900. The molecule has 1 saturated carbocycles. The molecule has 1 amide bonds. The Hall–Kier alpha value is -1.14. The number of aromatic nitrogens is 1. The van der Waals surface area contributed by atoms with Crippen LogP contribution in [0.4, 0.5) is 5.13 Å². The third kappa shape index (κ3) is 3.08. The zero-order valence-electron chi connectivity index (χ0n) is 14.9. The van der Waals surface area contributed by atoms with E-state index in [4.69, 9.17) is 4.98 Å². The summed E-state index contributed by atoms with van der Waals surface area (Å²) in [5.41, 5.74) is 1.25. The molecular weight excluding hydrogens is 332 g/mol. The molecule has 5 heterocycles. The van der Waals surface area contributed by atoms with Crippen molar-refractivity contribution in [2.75, 3.05) is 24.5 Å². The summed E-state index contributed by atoms with van der Waals surface area (Å²) in [6.07, 6.45) is 9.41. The van der Waals surface area contributed by atoms with Crippen molar-refractivity contribution < 1.29 is 4.79 Å². The summed E-state index contributed by atoms with van der Waals surface area (Å²) in [5.74, 6) is 1.01. The van der Waals surface area contributed by atoms with Gasteiger partial charge in [0.05, 0.1) is 12.2 Å². The first-order chi connectivity index (χ1) is 12.3. The number of nitrogens with zero attached hydrogens (tertiary/aromatic N) is 3. The van der Waals surface area contributed by atoms with Gasteiger partial charge in [0.15, 0.2) is 5.13 Å². The number of carbonyl (C=O) groups excluding carboxylic acids is 1. The lowest BCUT2D eigenvalue weighted by atomic mass is 9.94. The van der Waals surface area contributed by atoms with Crippen molar-refractivity contribution in [2.24, 2.45) is 5.92 Å². The molecule has 136 valence electrons. The predicted octanol–water partition coefficient (Wildman–Crippen LogP) is 2.55. The molecular formula is C19H28N4OS. The van der Waals surface area contributed by atoms with Crippen molar-refractivity contribution in [3.8, 4) is 0 Å². The summed E-state index contributed by atoms with van der Waals surface area (Å²) in [7, 11) is 0. The van der Waals surface area contributed by atoms with Crippen LogP contribution in [0.15, 0.2) is 0 Å². The molecule has 25 heavy (non-hydrogen) atoms. The van der Waals surface area contributed by atoms with E-state index in [-0.39, 0.29) is 0 Å². The molecule has 5 aliphatic rings. The fourth-order valence-corrected chi connectivity index (χ4v) is 6.25. The van der Waals surface area contributed by atoms with Gasteiger partial charge >= 0.3 is 0 Å². The number of thiazole rings is 1. The van der Waals surface area contributed by atoms with E-state index in [1.807, 2.05) is 11.3 Å². The van der Waals surface area contributed by atoms with Crippen molar-refractivity contribution in [1.29, 1.82) is 0 Å². The van der Waals surface area contributed by atoms with Crippen molar-refractivity contribution in [2.45, 2.75) is 70.0 Å². The molecule has 4 fully saturated rings. The zero-order valence-corrected chi connectivity index (χ0v) is 15.7. The summed E-state index contributed by atoms with van der Waals surface area (Å²) < 4.78 is 0. The third-order valence-corrected chi connectivity index (χ3v) is 7.72. The molecule has 1 N–H and O–H groups in total. The number of fused-ring (bicyclic) bond motifs is 4. The second kappa shape index (κ2) is 6.54. The van der Waals surface area contributed by atoms with E-state index in [0.29, 0.717) is 23.9 Å². The highest BCUT2D eigenvalue weighted by molar-refractivity contribution is 7.15. The smallest absolute Gasteiger partial charge is 0.223 e. The Morgan fingerprint density at radius 3 is 2.84 bits per heavy atom. The number of hydrogen-bond acceptors (Lipinski definition) is 5. The van der Waals surface area contributed by atoms with Crippen molar-refractivity contribution in [1.82, 2.24) is 15.2 Å². The zero-order chi connectivity index (χ0) is 16.8. The Morgan fingerprint density at radius 2 is 2.12 bits per heavy atom. The maximum atomic E-state index is 12.7. The number of piperidine rings is 2. The Balaban J connectivity index is 1.27. The molecule has 2 bridgehead atoms. The van der Waals surface area contributed by atoms with Gasteiger partial charge in [0.1, 0.15) is 0 Å². The monoisotopic (exact) mass is 360 g/mol. The molecule has 2 atom stereocenters. The van der Waals surface area contributed by atoms with Gasteiger partial charge in [0.2, 0.25) is 5.91 Å². The van der Waals surface area contributed by atoms with E-state index in [9.17, 15) is 4.79 Å². The van der Waals surface area contributed by atoms with Crippen LogP contribution in [0.5, 0.6) is 0 Å². The second-order valence-corrected chi connectivity index (χ2v) is 9.34. The Labute approximate surface area is 153 Å². The van der Waals surface area contributed by atoms with Crippen molar-refractivity contribution in [3.05, 3.63) is 10.6 Å². The number of piperazine rings is 1. The van der Waals surface area contributed by atoms with Crippen LogP contribution >= 0.6 is 11.3 Å². The molecule has 1 aromatic rings. The molecule has 0 spiro atoms. The van der Waals surface area contributed by atoms with E-state index < -0.39 is 0 Å². The molecule has 1 aliphatic carbocycles. The number of nitrogens with one attached hydrogen (secondary N) is 1. The fourth-order valence-electron chi connectivity index (χ4n) is 5.05. The van der Waals surface area contributed by atoms with Gasteiger partial charge in [-0.15, -0.1) is 0 Å². The lowest BCUT2D eigenvalue weighted by Gasteiger charge is -2.45. The lowest BCUT2D eigenvalue weighted by Crippen LogP contribution is -2.61. The number of amides is 1. The molecule has 0 radical (unpaired) electrons. The number of rotatable bonds is 3. The minimum atomic E-state index is 0.369. The fraction of sp³-hybridized carbons (Fsp3) is 0.789. The van der Waals surface area contributed by atoms with Crippen LogP contribution in [-0.2, 0) is 17.8 Å². The Kier molecular flexibility index (Phi) is 4.20. The lowest BCUT2D eigenvalue weighted by molar-refractivity contribution is -0.133. The minimum absolute atomic E-state index is 0.369. The van der Waals surface area contributed by atoms with E-state index in [0.717, 1.165) is 39.0 Å². The van der Waals surface area contributed by atoms with Crippen molar-refractivity contribution in [3.63, 3.8) is 0 Å². The van der Waals surface area contributed by atoms with Crippen LogP contribution in [-0.4, -0.2) is 47.5 Å². The summed E-state index contributed by atoms with van der Waals surface area (Å²) >= 11 is 1.84. The number of carbonyl (C=O) groups is 1. The van der Waals surface area contributed by atoms with E-state index in [1.54, 1.807) is 0 Å². The second-order valence-electron chi connectivity index (χ2n) is 8.27. The SMILES string of the molecule is O=C(CC1CCCC1)N1CCc2nc(N3CC4CCC3CN4)sc2C1. The van der Waals surface area contributed by atoms with Crippen LogP contribution in [0.1, 0.15) is 55.5 Å². The van der Waals surface area contributed by atoms with E-state index in [1.165, 1.54) is 54.2 Å². The van der Waals surface area contributed by atoms with Crippen LogP contribution in [0.3, 0.4) is 0 Å². The highest BCUT2D eigenvalue weighted by Crippen LogP contribution is 2.36. The van der Waals surface area contributed by atoms with Crippen LogP contribution in [0.25, 0.3) is 0 Å². The van der Waals surface area contributed by atoms with Gasteiger partial charge in [-0.3, -0.25) is 4.79 Å². The van der Waals surface area contributed by atoms with Crippen molar-refractivity contribution >= 4 is 22.4 Å². The normalized spacial score (nSPS) is 29.3. The van der Waals surface area contributed by atoms with Crippen LogP contribution in [0.2, 0.25) is 0 Å². The van der Waals surface area contributed by atoms with Gasteiger partial charge in [-0.05, 0) is 31.6 Å². The molecule has 0 aromatic carbocycles. The third-order valence-electron chi connectivity index (χ3n) is 6.60. The van der Waals surface area contributed by atoms with Gasteiger partial charge in [0.25, 0.3) is 0 Å². The maximum absolute atomic E-state index is 12.7. The molecule has 2 unspecified atom stereocenters. The molecule has 1 aromatic heterocycles. The number of anilines is 1. The summed E-state index contributed by atoms with van der Waals surface area (Å²) in [6, 6.07) is 1.24. The molecule has 6 rings (SSSR count). The van der Waals surface area contributed by atoms with Gasteiger partial charge in [-0.25, -0.2) is 4.98 Å². The highest BCUT2D eigenvalue weighted by Gasteiger charge is 2.36. The molecule has 5 nitrogen and oxygen atoms in total. The summed E-state index contributed by atoms with van der Waals surface area (Å²) in [5, 5.41) is 4.82. The Bertz CT molecular complexity index is 646. The first-order valence-electron chi connectivity index (χ1n) is 10.0. The topological polar surface area (TPSA) is 48.5 Å².